The molecule has 0 atom stereocenters. The second-order valence-electron chi connectivity index (χ2n) is 7.71. The summed E-state index contributed by atoms with van der Waals surface area (Å²) in [6.45, 7) is 4.23. The van der Waals surface area contributed by atoms with Gasteiger partial charge in [0.2, 0.25) is 0 Å². The summed E-state index contributed by atoms with van der Waals surface area (Å²) in [6, 6.07) is 22.4. The first-order valence-electron chi connectivity index (χ1n) is 10.2. The minimum Gasteiger partial charge on any atom is -0.397 e. The summed E-state index contributed by atoms with van der Waals surface area (Å²) in [4.78, 5) is 9.03. The van der Waals surface area contributed by atoms with E-state index in [9.17, 15) is 0 Å². The fourth-order valence-corrected chi connectivity index (χ4v) is 3.82. The molecule has 2 heterocycles. The number of aromatic nitrogens is 2. The molecule has 5 heteroatoms. The zero-order chi connectivity index (χ0) is 21.4. The summed E-state index contributed by atoms with van der Waals surface area (Å²) < 4.78 is 0. The van der Waals surface area contributed by atoms with E-state index in [1.807, 2.05) is 42.6 Å². The Bertz CT molecular complexity index is 1420. The quantitative estimate of drug-likeness (QED) is 0.299. The summed E-state index contributed by atoms with van der Waals surface area (Å²) in [5, 5.41) is 10.2. The van der Waals surface area contributed by atoms with Crippen molar-refractivity contribution in [2.75, 3.05) is 16.4 Å². The van der Waals surface area contributed by atoms with Crippen LogP contribution in [0.1, 0.15) is 11.1 Å². The predicted octanol–water partition coefficient (Wildman–Crippen LogP) is 6.47. The number of nitrogens with two attached hydrogens (primary N) is 1. The van der Waals surface area contributed by atoms with E-state index in [1.54, 1.807) is 6.20 Å². The van der Waals surface area contributed by atoms with Crippen molar-refractivity contribution in [3.8, 4) is 0 Å². The van der Waals surface area contributed by atoms with Gasteiger partial charge in [0.15, 0.2) is 0 Å². The molecule has 5 aromatic rings. The van der Waals surface area contributed by atoms with Gasteiger partial charge >= 0.3 is 0 Å². The average Bonchev–Trinajstić information content (AvgIpc) is 2.78. The maximum absolute atomic E-state index is 6.12. The van der Waals surface area contributed by atoms with Crippen LogP contribution in [0.4, 0.5) is 28.6 Å². The number of nitrogen functional groups attached to an aromatic ring is 1. The highest BCUT2D eigenvalue weighted by molar-refractivity contribution is 6.04. The number of fused-ring (bicyclic) bond motifs is 2. The molecule has 0 fully saturated rings. The molecule has 4 N–H and O–H groups in total. The standard InChI is InChI=1S/C26H23N5/c1-16-9-10-18(15-17(16)2)30-26-20-5-4-8-23(19(20)11-13-29-26)31-24-12-14-28-25-21(24)6-3-7-22(25)27/h3-15H,27H2,1-2H3,(H,28,31)(H,29,30). The van der Waals surface area contributed by atoms with E-state index in [1.165, 1.54) is 11.1 Å². The van der Waals surface area contributed by atoms with Gasteiger partial charge in [0.1, 0.15) is 5.82 Å². The van der Waals surface area contributed by atoms with Gasteiger partial charge in [0, 0.05) is 45.6 Å². The number of para-hydroxylation sites is 1. The van der Waals surface area contributed by atoms with Gasteiger partial charge < -0.3 is 16.4 Å². The van der Waals surface area contributed by atoms with Crippen LogP contribution in [0.5, 0.6) is 0 Å². The Balaban J connectivity index is 1.56. The molecule has 0 radical (unpaired) electrons. The highest BCUT2D eigenvalue weighted by Gasteiger charge is 2.10. The second kappa shape index (κ2) is 7.61. The SMILES string of the molecule is Cc1ccc(Nc2nccc3c(Nc4ccnc5c(N)cccc45)cccc23)cc1C. The van der Waals surface area contributed by atoms with Crippen molar-refractivity contribution in [1.29, 1.82) is 0 Å². The number of hydrogen-bond acceptors (Lipinski definition) is 5. The van der Waals surface area contributed by atoms with E-state index in [-0.39, 0.29) is 0 Å². The number of nitrogens with one attached hydrogen (secondary N) is 2. The molecule has 0 saturated carbocycles. The number of nitrogens with zero attached hydrogens (tertiary/aromatic N) is 2. The third-order valence-electron chi connectivity index (χ3n) is 5.65. The lowest BCUT2D eigenvalue weighted by atomic mass is 10.1. The number of benzene rings is 3. The molecule has 0 aliphatic heterocycles. The monoisotopic (exact) mass is 405 g/mol. The lowest BCUT2D eigenvalue weighted by Gasteiger charge is -2.15. The van der Waals surface area contributed by atoms with Crippen molar-refractivity contribution in [2.45, 2.75) is 13.8 Å². The number of aryl methyl sites for hydroxylation is 2. The molecule has 5 rings (SSSR count). The maximum atomic E-state index is 6.12. The third-order valence-corrected chi connectivity index (χ3v) is 5.65. The lowest BCUT2D eigenvalue weighted by molar-refractivity contribution is 1.31. The average molecular weight is 406 g/mol. The van der Waals surface area contributed by atoms with Crippen LogP contribution in [0.15, 0.2) is 79.1 Å². The van der Waals surface area contributed by atoms with E-state index in [0.717, 1.165) is 44.6 Å². The number of pyridine rings is 2. The lowest BCUT2D eigenvalue weighted by Crippen LogP contribution is -1.98. The van der Waals surface area contributed by atoms with Gasteiger partial charge in [0.05, 0.1) is 11.2 Å². The fourth-order valence-electron chi connectivity index (χ4n) is 3.82. The van der Waals surface area contributed by atoms with Crippen molar-refractivity contribution in [3.63, 3.8) is 0 Å². The zero-order valence-corrected chi connectivity index (χ0v) is 17.5. The number of hydrogen-bond donors (Lipinski definition) is 3. The smallest absolute Gasteiger partial charge is 0.138 e. The van der Waals surface area contributed by atoms with Crippen LogP contribution in [-0.4, -0.2) is 9.97 Å². The van der Waals surface area contributed by atoms with Crippen LogP contribution in [0.3, 0.4) is 0 Å². The normalized spacial score (nSPS) is 11.0. The minimum absolute atomic E-state index is 0.670. The van der Waals surface area contributed by atoms with E-state index in [2.05, 4.69) is 64.8 Å². The maximum Gasteiger partial charge on any atom is 0.138 e. The number of rotatable bonds is 4. The van der Waals surface area contributed by atoms with Crippen LogP contribution in [-0.2, 0) is 0 Å². The van der Waals surface area contributed by atoms with Crippen molar-refractivity contribution in [3.05, 3.63) is 90.3 Å². The van der Waals surface area contributed by atoms with Crippen LogP contribution in [0.25, 0.3) is 21.7 Å². The van der Waals surface area contributed by atoms with Gasteiger partial charge in [-0.15, -0.1) is 0 Å². The summed E-state index contributed by atoms with van der Waals surface area (Å²) in [5.41, 5.74) is 13.1. The summed E-state index contributed by atoms with van der Waals surface area (Å²) in [5.74, 6) is 0.827. The highest BCUT2D eigenvalue weighted by Crippen LogP contribution is 2.34. The number of anilines is 5. The van der Waals surface area contributed by atoms with Crippen LogP contribution >= 0.6 is 0 Å². The topological polar surface area (TPSA) is 75.9 Å². The van der Waals surface area contributed by atoms with Crippen LogP contribution < -0.4 is 16.4 Å². The molecule has 152 valence electrons. The molecule has 5 nitrogen and oxygen atoms in total. The van der Waals surface area contributed by atoms with E-state index < -0.39 is 0 Å². The Morgan fingerprint density at radius 1 is 0.677 bits per heavy atom. The fraction of sp³-hybridized carbons (Fsp3) is 0.0769. The molecular formula is C26H23N5. The van der Waals surface area contributed by atoms with Gasteiger partial charge in [-0.2, -0.15) is 0 Å². The Morgan fingerprint density at radius 3 is 2.32 bits per heavy atom. The van der Waals surface area contributed by atoms with Gasteiger partial charge in [-0.25, -0.2) is 4.98 Å². The molecule has 31 heavy (non-hydrogen) atoms. The molecule has 0 aliphatic rings. The van der Waals surface area contributed by atoms with Gasteiger partial charge in [0.25, 0.3) is 0 Å². The van der Waals surface area contributed by atoms with Crippen LogP contribution in [0, 0.1) is 13.8 Å². The zero-order valence-electron chi connectivity index (χ0n) is 17.5. The van der Waals surface area contributed by atoms with Gasteiger partial charge in [-0.05, 0) is 61.4 Å². The first-order chi connectivity index (χ1) is 15.1. The summed E-state index contributed by atoms with van der Waals surface area (Å²) in [6.07, 6.45) is 3.61. The van der Waals surface area contributed by atoms with Crippen molar-refractivity contribution >= 4 is 50.2 Å². The first kappa shape index (κ1) is 18.9. The van der Waals surface area contributed by atoms with Crippen LogP contribution in [0.2, 0.25) is 0 Å². The molecule has 0 saturated heterocycles. The molecule has 0 bridgehead atoms. The summed E-state index contributed by atoms with van der Waals surface area (Å²) in [7, 11) is 0. The largest absolute Gasteiger partial charge is 0.397 e. The van der Waals surface area contributed by atoms with E-state index in [0.29, 0.717) is 5.69 Å². The second-order valence-corrected chi connectivity index (χ2v) is 7.71. The van der Waals surface area contributed by atoms with E-state index in [4.69, 9.17) is 5.73 Å². The van der Waals surface area contributed by atoms with E-state index >= 15 is 0 Å². The van der Waals surface area contributed by atoms with Gasteiger partial charge in [-0.1, -0.05) is 30.3 Å². The molecule has 0 unspecified atom stereocenters. The molecule has 0 aliphatic carbocycles. The third kappa shape index (κ3) is 3.51. The summed E-state index contributed by atoms with van der Waals surface area (Å²) >= 11 is 0. The Hall–Kier alpha value is -4.12. The minimum atomic E-state index is 0.670. The van der Waals surface area contributed by atoms with Crippen molar-refractivity contribution in [1.82, 2.24) is 9.97 Å². The Morgan fingerprint density at radius 2 is 1.45 bits per heavy atom. The van der Waals surface area contributed by atoms with Gasteiger partial charge in [-0.3, -0.25) is 4.98 Å². The molecular weight excluding hydrogens is 382 g/mol. The predicted molar refractivity (Wildman–Crippen MR) is 130 cm³/mol. The highest BCUT2D eigenvalue weighted by atomic mass is 15.0. The Kier molecular flexibility index (Phi) is 4.64. The Labute approximate surface area is 181 Å². The molecule has 2 aromatic heterocycles. The van der Waals surface area contributed by atoms with Crippen molar-refractivity contribution in [2.24, 2.45) is 0 Å². The van der Waals surface area contributed by atoms with Crippen molar-refractivity contribution < 1.29 is 0 Å². The first-order valence-corrected chi connectivity index (χ1v) is 10.2. The molecule has 3 aromatic carbocycles. The molecule has 0 amide bonds. The molecule has 0 spiro atoms.